The van der Waals surface area contributed by atoms with Gasteiger partial charge in [0.05, 0.1) is 11.7 Å². The van der Waals surface area contributed by atoms with Gasteiger partial charge in [0.15, 0.2) is 0 Å². The lowest BCUT2D eigenvalue weighted by molar-refractivity contribution is -0.140. The average molecular weight is 360 g/mol. The Labute approximate surface area is 127 Å². The van der Waals surface area contributed by atoms with Crippen molar-refractivity contribution in [3.63, 3.8) is 0 Å². The van der Waals surface area contributed by atoms with Crippen molar-refractivity contribution in [2.24, 2.45) is 0 Å². The lowest BCUT2D eigenvalue weighted by atomic mass is 10.2. The fraction of sp³-hybridized carbons (Fsp3) is 0.500. The van der Waals surface area contributed by atoms with Crippen LogP contribution in [-0.4, -0.2) is 27.5 Å². The predicted molar refractivity (Wildman–Crippen MR) is 74.3 cm³/mol. The highest BCUT2D eigenvalue weighted by Gasteiger charge is 2.37. The van der Waals surface area contributed by atoms with Gasteiger partial charge in [0, 0.05) is 6.66 Å². The van der Waals surface area contributed by atoms with E-state index in [-0.39, 0.29) is 0 Å². The number of rotatable bonds is 6. The van der Waals surface area contributed by atoms with Gasteiger partial charge in [0.1, 0.15) is 11.2 Å². The third-order valence-electron chi connectivity index (χ3n) is 2.34. The molecule has 126 valence electrons. The standard InChI is InChI=1S/C12H16F3O5PS/c1-9(2)20-21(3,16)8-19-22(17,18)11-7-5-4-6-10(11)12(13,14)15/h4-7,9H,8H2,1-3H3. The zero-order valence-electron chi connectivity index (χ0n) is 12.1. The first-order chi connectivity index (χ1) is 9.85. The fourth-order valence-electron chi connectivity index (χ4n) is 1.62. The Morgan fingerprint density at radius 1 is 1.23 bits per heavy atom. The van der Waals surface area contributed by atoms with Gasteiger partial charge in [-0.2, -0.15) is 21.6 Å². The van der Waals surface area contributed by atoms with Crippen LogP contribution in [0.5, 0.6) is 0 Å². The molecule has 1 atom stereocenters. The molecule has 0 amide bonds. The molecule has 22 heavy (non-hydrogen) atoms. The van der Waals surface area contributed by atoms with Crippen molar-refractivity contribution in [2.45, 2.75) is 31.0 Å². The van der Waals surface area contributed by atoms with Gasteiger partial charge in [-0.3, -0.25) is 8.75 Å². The van der Waals surface area contributed by atoms with Crippen LogP contribution < -0.4 is 0 Å². The van der Waals surface area contributed by atoms with Crippen molar-refractivity contribution in [1.29, 1.82) is 0 Å². The molecule has 1 aromatic rings. The molecule has 1 rings (SSSR count). The molecule has 5 nitrogen and oxygen atoms in total. The number of hydrogen-bond acceptors (Lipinski definition) is 5. The lowest BCUT2D eigenvalue weighted by Crippen LogP contribution is -2.16. The zero-order chi connectivity index (χ0) is 17.2. The molecule has 1 unspecified atom stereocenters. The van der Waals surface area contributed by atoms with E-state index < -0.39 is 46.6 Å². The maximum Gasteiger partial charge on any atom is 0.417 e. The molecule has 0 heterocycles. The molecule has 0 aliphatic heterocycles. The number of alkyl halides is 3. The van der Waals surface area contributed by atoms with Gasteiger partial charge >= 0.3 is 6.18 Å². The third-order valence-corrected chi connectivity index (χ3v) is 5.30. The van der Waals surface area contributed by atoms with Crippen molar-refractivity contribution >= 4 is 17.5 Å². The van der Waals surface area contributed by atoms with E-state index in [1.807, 2.05) is 0 Å². The molecule has 0 spiro atoms. The summed E-state index contributed by atoms with van der Waals surface area (Å²) in [4.78, 5) is -1.02. The van der Waals surface area contributed by atoms with E-state index in [4.69, 9.17) is 4.52 Å². The molecule has 0 radical (unpaired) electrons. The lowest BCUT2D eigenvalue weighted by Gasteiger charge is -2.17. The van der Waals surface area contributed by atoms with Crippen molar-refractivity contribution in [2.75, 3.05) is 13.0 Å². The van der Waals surface area contributed by atoms with Gasteiger partial charge in [0.2, 0.25) is 7.37 Å². The van der Waals surface area contributed by atoms with Crippen LogP contribution in [0.15, 0.2) is 29.2 Å². The summed E-state index contributed by atoms with van der Waals surface area (Å²) >= 11 is 0. The molecule has 0 saturated heterocycles. The summed E-state index contributed by atoms with van der Waals surface area (Å²) in [5, 5.41) is 0. The SMILES string of the molecule is CC(C)OP(C)(=O)COS(=O)(=O)c1ccccc1C(F)(F)F. The van der Waals surface area contributed by atoms with E-state index in [9.17, 15) is 26.2 Å². The van der Waals surface area contributed by atoms with Crippen LogP contribution in [0.2, 0.25) is 0 Å². The minimum Gasteiger partial charge on any atom is -0.324 e. The zero-order valence-corrected chi connectivity index (χ0v) is 13.8. The molecule has 0 aromatic heterocycles. The molecule has 1 aromatic carbocycles. The van der Waals surface area contributed by atoms with Crippen LogP contribution in [0.3, 0.4) is 0 Å². The maximum absolute atomic E-state index is 12.8. The summed E-state index contributed by atoms with van der Waals surface area (Å²) in [5.41, 5.74) is -1.34. The van der Waals surface area contributed by atoms with E-state index in [1.165, 1.54) is 0 Å². The highest BCUT2D eigenvalue weighted by atomic mass is 32.2. The first-order valence-electron chi connectivity index (χ1n) is 6.16. The summed E-state index contributed by atoms with van der Waals surface area (Å²) in [6.07, 6.45) is -6.12. The predicted octanol–water partition coefficient (Wildman–Crippen LogP) is 3.70. The number of benzene rings is 1. The van der Waals surface area contributed by atoms with E-state index in [2.05, 4.69) is 4.18 Å². The van der Waals surface area contributed by atoms with Gasteiger partial charge < -0.3 is 4.52 Å². The molecule has 0 aliphatic rings. The number of halogens is 3. The normalized spacial score (nSPS) is 15.8. The second kappa shape index (κ2) is 6.70. The van der Waals surface area contributed by atoms with Crippen LogP contribution in [0, 0.1) is 0 Å². The van der Waals surface area contributed by atoms with Gasteiger partial charge in [0.25, 0.3) is 10.1 Å². The van der Waals surface area contributed by atoms with Crippen molar-refractivity contribution < 1.29 is 34.9 Å². The van der Waals surface area contributed by atoms with E-state index >= 15 is 0 Å². The number of hydrogen-bond donors (Lipinski definition) is 0. The van der Waals surface area contributed by atoms with Crippen LogP contribution in [0.4, 0.5) is 13.2 Å². The first kappa shape index (κ1) is 19.2. The minimum absolute atomic E-state index is 0.440. The first-order valence-corrected chi connectivity index (χ1v) is 9.82. The molecule has 0 saturated carbocycles. The van der Waals surface area contributed by atoms with Crippen molar-refractivity contribution in [3.8, 4) is 0 Å². The summed E-state index contributed by atoms with van der Waals surface area (Å²) < 4.78 is 83.8. The monoisotopic (exact) mass is 360 g/mol. The summed E-state index contributed by atoms with van der Waals surface area (Å²) in [6, 6.07) is 3.62. The highest BCUT2D eigenvalue weighted by molar-refractivity contribution is 7.87. The second-order valence-corrected chi connectivity index (χ2v) is 8.94. The average Bonchev–Trinajstić information content (AvgIpc) is 2.34. The van der Waals surface area contributed by atoms with Crippen molar-refractivity contribution in [3.05, 3.63) is 29.8 Å². The van der Waals surface area contributed by atoms with Crippen LogP contribution in [0.1, 0.15) is 19.4 Å². The highest BCUT2D eigenvalue weighted by Crippen LogP contribution is 2.45. The summed E-state index contributed by atoms with van der Waals surface area (Å²) in [7, 11) is -8.12. The van der Waals surface area contributed by atoms with Crippen LogP contribution in [-0.2, 0) is 29.6 Å². The Kier molecular flexibility index (Phi) is 5.83. The molecule has 0 N–H and O–H groups in total. The quantitative estimate of drug-likeness (QED) is 0.571. The molecular formula is C12H16F3O5PS. The maximum atomic E-state index is 12.8. The minimum atomic E-state index is -4.85. The Hall–Kier alpha value is -0.890. The Morgan fingerprint density at radius 2 is 1.77 bits per heavy atom. The van der Waals surface area contributed by atoms with Gasteiger partial charge in [-0.1, -0.05) is 12.1 Å². The summed E-state index contributed by atoms with van der Waals surface area (Å²) in [6.45, 7) is 4.32. The van der Waals surface area contributed by atoms with E-state index in [0.717, 1.165) is 24.9 Å². The Morgan fingerprint density at radius 3 is 2.27 bits per heavy atom. The second-order valence-electron chi connectivity index (χ2n) is 4.86. The third kappa shape index (κ3) is 5.39. The molecule has 10 heteroatoms. The van der Waals surface area contributed by atoms with E-state index in [0.29, 0.717) is 6.07 Å². The molecule has 0 aliphatic carbocycles. The Bertz CT molecular complexity index is 670. The molecular weight excluding hydrogens is 344 g/mol. The van der Waals surface area contributed by atoms with Crippen molar-refractivity contribution in [1.82, 2.24) is 0 Å². The fourth-order valence-corrected chi connectivity index (χ4v) is 4.72. The molecule has 0 fully saturated rings. The van der Waals surface area contributed by atoms with Gasteiger partial charge in [-0.05, 0) is 26.0 Å². The smallest absolute Gasteiger partial charge is 0.324 e. The topological polar surface area (TPSA) is 69.7 Å². The van der Waals surface area contributed by atoms with Crippen LogP contribution in [0.25, 0.3) is 0 Å². The van der Waals surface area contributed by atoms with Gasteiger partial charge in [-0.25, -0.2) is 0 Å². The van der Waals surface area contributed by atoms with Crippen LogP contribution >= 0.6 is 7.37 Å². The Balaban J connectivity index is 3.05. The van der Waals surface area contributed by atoms with E-state index in [1.54, 1.807) is 13.8 Å². The van der Waals surface area contributed by atoms with Gasteiger partial charge in [-0.15, -0.1) is 0 Å². The molecule has 0 bridgehead atoms. The largest absolute Gasteiger partial charge is 0.417 e. The summed E-state index contributed by atoms with van der Waals surface area (Å²) in [5.74, 6) is 0.